The molecule has 0 radical (unpaired) electrons. The summed E-state index contributed by atoms with van der Waals surface area (Å²) >= 11 is 0. The molecule has 0 aliphatic rings. The lowest BCUT2D eigenvalue weighted by Crippen LogP contribution is -1.90. The highest BCUT2D eigenvalue weighted by Gasteiger charge is 2.18. The predicted molar refractivity (Wildman–Crippen MR) is 335 cm³/mol. The molecule has 0 bridgehead atoms. The van der Waals surface area contributed by atoms with E-state index in [1.807, 2.05) is 0 Å². The zero-order valence-electron chi connectivity index (χ0n) is 42.9. The molecule has 362 valence electrons. The minimum absolute atomic E-state index is 1.20. The summed E-state index contributed by atoms with van der Waals surface area (Å²) in [7, 11) is 0. The van der Waals surface area contributed by atoms with Gasteiger partial charge in [0.25, 0.3) is 0 Å². The van der Waals surface area contributed by atoms with Gasteiger partial charge >= 0.3 is 0 Å². The van der Waals surface area contributed by atoms with Gasteiger partial charge in [0.1, 0.15) is 0 Å². The van der Waals surface area contributed by atoms with Crippen molar-refractivity contribution in [2.24, 2.45) is 0 Å². The average molecular weight is 987 g/mol. The van der Waals surface area contributed by atoms with Crippen molar-refractivity contribution in [2.75, 3.05) is 0 Å². The molecule has 0 fully saturated rings. The number of hydrogen-bond donors (Lipinski definition) is 0. The van der Waals surface area contributed by atoms with Crippen LogP contribution in [0.4, 0.5) is 0 Å². The van der Waals surface area contributed by atoms with Gasteiger partial charge in [0.2, 0.25) is 0 Å². The van der Waals surface area contributed by atoms with Crippen LogP contribution in [0.3, 0.4) is 0 Å². The van der Waals surface area contributed by atoms with Crippen molar-refractivity contribution in [2.45, 2.75) is 0 Å². The second kappa shape index (κ2) is 18.9. The minimum atomic E-state index is 1.20. The second-order valence-electron chi connectivity index (χ2n) is 20.8. The first-order chi connectivity index (χ1) is 38.6. The molecule has 15 aromatic rings. The number of hydrogen-bond acceptors (Lipinski definition) is 0. The maximum Gasteiger partial charge on any atom is -0.00923 e. The summed E-state index contributed by atoms with van der Waals surface area (Å²) in [5.41, 5.74) is 19.3. The van der Waals surface area contributed by atoms with Gasteiger partial charge in [-0.15, -0.1) is 0 Å². The number of benzene rings is 15. The third-order valence-electron chi connectivity index (χ3n) is 16.2. The highest BCUT2D eigenvalue weighted by Crippen LogP contribution is 2.46. The summed E-state index contributed by atoms with van der Waals surface area (Å²) in [6, 6.07) is 112. The Labute approximate surface area is 454 Å². The van der Waals surface area contributed by atoms with Crippen LogP contribution in [-0.4, -0.2) is 0 Å². The molecule has 0 aliphatic carbocycles. The van der Waals surface area contributed by atoms with Gasteiger partial charge in [0.05, 0.1) is 0 Å². The summed E-state index contributed by atoms with van der Waals surface area (Å²) in [5, 5.41) is 15.0. The fourth-order valence-electron chi connectivity index (χ4n) is 12.3. The maximum absolute atomic E-state index is 2.51. The predicted octanol–water partition coefficient (Wildman–Crippen LogP) is 21.9. The molecule has 0 heterocycles. The van der Waals surface area contributed by atoms with Gasteiger partial charge in [-0.1, -0.05) is 243 Å². The van der Waals surface area contributed by atoms with Crippen molar-refractivity contribution in [1.29, 1.82) is 0 Å². The van der Waals surface area contributed by atoms with E-state index in [4.69, 9.17) is 0 Å². The summed E-state index contributed by atoms with van der Waals surface area (Å²) in [4.78, 5) is 0. The quantitative estimate of drug-likeness (QED) is 0.105. The summed E-state index contributed by atoms with van der Waals surface area (Å²) in [5.74, 6) is 0. The Bertz CT molecular complexity index is 4190. The molecule has 0 saturated heterocycles. The van der Waals surface area contributed by atoms with Crippen LogP contribution in [0.15, 0.2) is 303 Å². The molecule has 0 heteroatoms. The molecule has 0 nitrogen and oxygen atoms in total. The fourth-order valence-corrected chi connectivity index (χ4v) is 12.3. The third-order valence-corrected chi connectivity index (χ3v) is 16.2. The Morgan fingerprint density at radius 2 is 0.256 bits per heavy atom. The van der Waals surface area contributed by atoms with Crippen molar-refractivity contribution >= 4 is 64.6 Å². The molecule has 15 rings (SSSR count). The lowest BCUT2D eigenvalue weighted by Gasteiger charge is -2.18. The molecule has 0 spiro atoms. The van der Waals surface area contributed by atoms with Crippen molar-refractivity contribution in [3.8, 4) is 89.0 Å². The molecule has 78 heavy (non-hydrogen) atoms. The van der Waals surface area contributed by atoms with Gasteiger partial charge < -0.3 is 0 Å². The maximum atomic E-state index is 2.51. The molecule has 0 unspecified atom stereocenters. The minimum Gasteiger partial charge on any atom is -0.0622 e. The molecule has 0 amide bonds. The van der Waals surface area contributed by atoms with E-state index in [2.05, 4.69) is 303 Å². The van der Waals surface area contributed by atoms with Crippen LogP contribution in [0.2, 0.25) is 0 Å². The highest BCUT2D eigenvalue weighted by molar-refractivity contribution is 6.33. The van der Waals surface area contributed by atoms with E-state index >= 15 is 0 Å². The van der Waals surface area contributed by atoms with Gasteiger partial charge in [-0.05, 0) is 214 Å². The largest absolute Gasteiger partial charge is 0.0622 e. The Balaban J connectivity index is 0.983. The van der Waals surface area contributed by atoms with E-state index in [-0.39, 0.29) is 0 Å². The molecule has 0 N–H and O–H groups in total. The Kier molecular flexibility index (Phi) is 11.0. The molecule has 0 aromatic heterocycles. The first kappa shape index (κ1) is 45.3. The topological polar surface area (TPSA) is 0 Å². The van der Waals surface area contributed by atoms with E-state index in [1.165, 1.54) is 154 Å². The summed E-state index contributed by atoms with van der Waals surface area (Å²) < 4.78 is 0. The Morgan fingerprint density at radius 3 is 0.474 bits per heavy atom. The van der Waals surface area contributed by atoms with Crippen molar-refractivity contribution in [1.82, 2.24) is 0 Å². The molecule has 15 aromatic carbocycles. The van der Waals surface area contributed by atoms with Crippen LogP contribution < -0.4 is 0 Å². The zero-order chi connectivity index (χ0) is 51.5. The van der Waals surface area contributed by atoms with Crippen LogP contribution in [0.25, 0.3) is 154 Å². The normalized spacial score (nSPS) is 11.6. The smallest absolute Gasteiger partial charge is 0.00923 e. The van der Waals surface area contributed by atoms with Crippen LogP contribution in [0.5, 0.6) is 0 Å². The van der Waals surface area contributed by atoms with E-state index in [0.29, 0.717) is 0 Å². The van der Waals surface area contributed by atoms with Crippen molar-refractivity contribution < 1.29 is 0 Å². The highest BCUT2D eigenvalue weighted by atomic mass is 14.2. The summed E-state index contributed by atoms with van der Waals surface area (Å²) in [6.45, 7) is 0. The van der Waals surface area contributed by atoms with Crippen molar-refractivity contribution in [3.05, 3.63) is 303 Å². The average Bonchev–Trinajstić information content (AvgIpc) is 3.71. The number of fused-ring (bicyclic) bond motifs is 12. The first-order valence-corrected chi connectivity index (χ1v) is 27.0. The van der Waals surface area contributed by atoms with Crippen LogP contribution in [0, 0.1) is 0 Å². The number of rotatable bonds is 8. The Morgan fingerprint density at radius 1 is 0.0897 bits per heavy atom. The van der Waals surface area contributed by atoms with Gasteiger partial charge in [-0.25, -0.2) is 0 Å². The van der Waals surface area contributed by atoms with E-state index in [9.17, 15) is 0 Å². The van der Waals surface area contributed by atoms with E-state index < -0.39 is 0 Å². The van der Waals surface area contributed by atoms with Crippen LogP contribution in [-0.2, 0) is 0 Å². The van der Waals surface area contributed by atoms with Crippen molar-refractivity contribution in [3.63, 3.8) is 0 Å². The lowest BCUT2D eigenvalue weighted by molar-refractivity contribution is 1.60. The SMILES string of the molecule is c1ccc(-c2cccc(-c3ccc4c(c3)c3cc(-c5cccc(-c6ccccc6)c5)ccc3c3cc5c6ccc(-c7cccc(-c8ccccc8)c7)cc6c6cc(-c7cccc(-c8ccccc8)c7)ccc6c5cc43)c2)cc1. The molecule has 0 aliphatic heterocycles. The third kappa shape index (κ3) is 8.02. The van der Waals surface area contributed by atoms with E-state index in [1.54, 1.807) is 0 Å². The summed E-state index contributed by atoms with van der Waals surface area (Å²) in [6.07, 6.45) is 0. The van der Waals surface area contributed by atoms with Gasteiger partial charge in [-0.3, -0.25) is 0 Å². The Hall–Kier alpha value is -10.1. The van der Waals surface area contributed by atoms with Crippen LogP contribution >= 0.6 is 0 Å². The van der Waals surface area contributed by atoms with Crippen LogP contribution in [0.1, 0.15) is 0 Å². The molecule has 0 atom stereocenters. The standard InChI is InChI=1S/C78H50/c1-5-17-51(18-6-1)55-25-13-29-59(41-55)63-33-37-67-71(45-63)72-46-64(60-30-14-26-56(42-60)52-19-7-2-8-20-52)34-38-68(72)76-50-78-70-40-36-66(62-32-16-28-58(44-62)54-23-11-4-12-24-54)48-74(70)73-47-65(35-39-69(73)77(78)49-75(67)76)61-31-15-27-57(43-61)53-21-9-3-10-22-53/h1-50H. The van der Waals surface area contributed by atoms with Gasteiger partial charge in [-0.2, -0.15) is 0 Å². The molecular formula is C78H50. The molecular weight excluding hydrogens is 937 g/mol. The second-order valence-corrected chi connectivity index (χ2v) is 20.8. The fraction of sp³-hybridized carbons (Fsp3) is 0. The van der Waals surface area contributed by atoms with Gasteiger partial charge in [0, 0.05) is 0 Å². The molecule has 0 saturated carbocycles. The van der Waals surface area contributed by atoms with E-state index in [0.717, 1.165) is 0 Å². The first-order valence-electron chi connectivity index (χ1n) is 27.0. The monoisotopic (exact) mass is 986 g/mol. The van der Waals surface area contributed by atoms with Gasteiger partial charge in [0.15, 0.2) is 0 Å². The zero-order valence-corrected chi connectivity index (χ0v) is 42.9. The lowest BCUT2D eigenvalue weighted by atomic mass is 9.85.